The summed E-state index contributed by atoms with van der Waals surface area (Å²) >= 11 is 0. The molecule has 0 saturated carbocycles. The SMILES string of the molecule is CCC1CCCCCN1c1cc(F)cc(/C=C/C(=O)O)c1. The molecule has 1 unspecified atom stereocenters. The summed E-state index contributed by atoms with van der Waals surface area (Å²) in [5.74, 6) is -1.35. The summed E-state index contributed by atoms with van der Waals surface area (Å²) in [6.07, 6.45) is 8.20. The highest BCUT2D eigenvalue weighted by molar-refractivity contribution is 5.85. The summed E-state index contributed by atoms with van der Waals surface area (Å²) in [5, 5.41) is 8.69. The topological polar surface area (TPSA) is 40.5 Å². The molecule has 4 heteroatoms. The third kappa shape index (κ3) is 4.31. The van der Waals surface area contributed by atoms with Crippen LogP contribution >= 0.6 is 0 Å². The number of nitrogens with zero attached hydrogens (tertiary/aromatic N) is 1. The fraction of sp³-hybridized carbons (Fsp3) is 0.471. The molecule has 2 rings (SSSR count). The fourth-order valence-corrected chi connectivity index (χ4v) is 2.97. The number of hydrogen-bond acceptors (Lipinski definition) is 2. The lowest BCUT2D eigenvalue weighted by atomic mass is 10.1. The lowest BCUT2D eigenvalue weighted by molar-refractivity contribution is -0.131. The van der Waals surface area contributed by atoms with Crippen LogP contribution in [0.3, 0.4) is 0 Å². The Hall–Kier alpha value is -1.84. The summed E-state index contributed by atoms with van der Waals surface area (Å²) in [5.41, 5.74) is 1.44. The van der Waals surface area contributed by atoms with Crippen LogP contribution in [0.25, 0.3) is 6.08 Å². The monoisotopic (exact) mass is 291 g/mol. The standard InChI is InChI=1S/C17H22FNO2/c1-2-15-6-4-3-5-9-19(15)16-11-13(7-8-17(20)21)10-14(18)12-16/h7-8,10-12,15H,2-6,9H2,1H3,(H,20,21)/b8-7+. The predicted molar refractivity (Wildman–Crippen MR) is 83.0 cm³/mol. The Bertz CT molecular complexity index is 528. The van der Waals surface area contributed by atoms with Crippen molar-refractivity contribution < 1.29 is 14.3 Å². The Morgan fingerprint density at radius 2 is 2.19 bits per heavy atom. The molecular weight excluding hydrogens is 269 g/mol. The molecule has 21 heavy (non-hydrogen) atoms. The van der Waals surface area contributed by atoms with E-state index in [-0.39, 0.29) is 5.82 Å². The van der Waals surface area contributed by atoms with Crippen molar-refractivity contribution in [2.24, 2.45) is 0 Å². The van der Waals surface area contributed by atoms with Crippen LogP contribution in [0.1, 0.15) is 44.6 Å². The number of benzene rings is 1. The molecule has 1 fully saturated rings. The number of aliphatic carboxylic acids is 1. The Morgan fingerprint density at radius 3 is 2.90 bits per heavy atom. The highest BCUT2D eigenvalue weighted by atomic mass is 19.1. The van der Waals surface area contributed by atoms with E-state index in [1.165, 1.54) is 25.0 Å². The molecule has 0 radical (unpaired) electrons. The van der Waals surface area contributed by atoms with Crippen molar-refractivity contribution in [3.8, 4) is 0 Å². The highest BCUT2D eigenvalue weighted by Crippen LogP contribution is 2.27. The van der Waals surface area contributed by atoms with Crippen LogP contribution in [0.4, 0.5) is 10.1 Å². The summed E-state index contributed by atoms with van der Waals surface area (Å²) in [7, 11) is 0. The van der Waals surface area contributed by atoms with Gasteiger partial charge in [-0.1, -0.05) is 19.8 Å². The van der Waals surface area contributed by atoms with E-state index in [4.69, 9.17) is 5.11 Å². The van der Waals surface area contributed by atoms with Gasteiger partial charge in [-0.15, -0.1) is 0 Å². The van der Waals surface area contributed by atoms with Crippen LogP contribution < -0.4 is 4.90 Å². The third-order valence-corrected chi connectivity index (χ3v) is 4.00. The van der Waals surface area contributed by atoms with Crippen molar-refractivity contribution in [3.05, 3.63) is 35.7 Å². The molecule has 1 N–H and O–H groups in total. The smallest absolute Gasteiger partial charge is 0.328 e. The number of hydrogen-bond donors (Lipinski definition) is 1. The van der Waals surface area contributed by atoms with E-state index in [1.54, 1.807) is 6.07 Å². The van der Waals surface area contributed by atoms with Crippen molar-refractivity contribution in [3.63, 3.8) is 0 Å². The second-order valence-electron chi connectivity index (χ2n) is 5.52. The number of halogens is 1. The molecule has 0 spiro atoms. The summed E-state index contributed by atoms with van der Waals surface area (Å²) in [6.45, 7) is 3.09. The van der Waals surface area contributed by atoms with E-state index >= 15 is 0 Å². The van der Waals surface area contributed by atoms with Gasteiger partial charge in [-0.2, -0.15) is 0 Å². The highest BCUT2D eigenvalue weighted by Gasteiger charge is 2.20. The normalized spacial score (nSPS) is 19.7. The molecule has 3 nitrogen and oxygen atoms in total. The molecule has 1 aliphatic heterocycles. The predicted octanol–water partition coefficient (Wildman–Crippen LogP) is 4.08. The van der Waals surface area contributed by atoms with Crippen LogP contribution in [0, 0.1) is 5.82 Å². The van der Waals surface area contributed by atoms with Gasteiger partial charge in [0.05, 0.1) is 0 Å². The van der Waals surface area contributed by atoms with Gasteiger partial charge in [-0.25, -0.2) is 9.18 Å². The first-order valence-corrected chi connectivity index (χ1v) is 7.58. The van der Waals surface area contributed by atoms with Gasteiger partial charge >= 0.3 is 5.97 Å². The minimum Gasteiger partial charge on any atom is -0.478 e. The maximum Gasteiger partial charge on any atom is 0.328 e. The fourth-order valence-electron chi connectivity index (χ4n) is 2.97. The van der Waals surface area contributed by atoms with Crippen LogP contribution in [-0.2, 0) is 4.79 Å². The molecular formula is C17H22FNO2. The van der Waals surface area contributed by atoms with Gasteiger partial charge in [0, 0.05) is 24.4 Å². The van der Waals surface area contributed by atoms with Crippen LogP contribution in [0.2, 0.25) is 0 Å². The summed E-state index contributed by atoms with van der Waals surface area (Å²) < 4.78 is 13.8. The molecule has 0 aromatic heterocycles. The molecule has 0 aliphatic carbocycles. The van der Waals surface area contributed by atoms with E-state index in [0.29, 0.717) is 11.6 Å². The van der Waals surface area contributed by atoms with Gasteiger partial charge < -0.3 is 10.0 Å². The van der Waals surface area contributed by atoms with Crippen molar-refractivity contribution in [2.45, 2.75) is 45.1 Å². The van der Waals surface area contributed by atoms with E-state index in [0.717, 1.165) is 37.6 Å². The maximum atomic E-state index is 13.8. The van der Waals surface area contributed by atoms with Crippen LogP contribution in [-0.4, -0.2) is 23.7 Å². The quantitative estimate of drug-likeness (QED) is 0.850. The lowest BCUT2D eigenvalue weighted by Crippen LogP contribution is -2.34. The van der Waals surface area contributed by atoms with Crippen molar-refractivity contribution in [2.75, 3.05) is 11.4 Å². The van der Waals surface area contributed by atoms with Crippen molar-refractivity contribution in [1.82, 2.24) is 0 Å². The molecule has 1 aliphatic rings. The van der Waals surface area contributed by atoms with Gasteiger partial charge in [-0.3, -0.25) is 0 Å². The number of carboxylic acids is 1. The van der Waals surface area contributed by atoms with Crippen LogP contribution in [0.5, 0.6) is 0 Å². The minimum absolute atomic E-state index is 0.323. The van der Waals surface area contributed by atoms with Gasteiger partial charge in [0.1, 0.15) is 5.82 Å². The molecule has 0 bridgehead atoms. The number of carboxylic acid groups (broad SMARTS) is 1. The largest absolute Gasteiger partial charge is 0.478 e. The molecule has 1 saturated heterocycles. The zero-order chi connectivity index (χ0) is 15.2. The van der Waals surface area contributed by atoms with Gasteiger partial charge in [0.25, 0.3) is 0 Å². The minimum atomic E-state index is -1.03. The molecule has 114 valence electrons. The van der Waals surface area contributed by atoms with E-state index < -0.39 is 5.97 Å². The average Bonchev–Trinajstić information content (AvgIpc) is 2.69. The number of rotatable bonds is 4. The van der Waals surface area contributed by atoms with E-state index in [9.17, 15) is 9.18 Å². The Labute approximate surface area is 125 Å². The van der Waals surface area contributed by atoms with Crippen molar-refractivity contribution in [1.29, 1.82) is 0 Å². The van der Waals surface area contributed by atoms with Gasteiger partial charge in [-0.05, 0) is 49.1 Å². The molecule has 1 heterocycles. The summed E-state index contributed by atoms with van der Waals surface area (Å²) in [4.78, 5) is 12.9. The average molecular weight is 291 g/mol. The molecule has 0 amide bonds. The second kappa shape index (κ2) is 7.25. The van der Waals surface area contributed by atoms with E-state index in [1.807, 2.05) is 6.07 Å². The van der Waals surface area contributed by atoms with E-state index in [2.05, 4.69) is 11.8 Å². The third-order valence-electron chi connectivity index (χ3n) is 4.00. The molecule has 1 aromatic carbocycles. The zero-order valence-corrected chi connectivity index (χ0v) is 12.4. The second-order valence-corrected chi connectivity index (χ2v) is 5.52. The molecule has 1 atom stereocenters. The molecule has 1 aromatic rings. The zero-order valence-electron chi connectivity index (χ0n) is 12.4. The number of anilines is 1. The van der Waals surface area contributed by atoms with Gasteiger partial charge in [0.2, 0.25) is 0 Å². The Balaban J connectivity index is 2.30. The number of carbonyl (C=O) groups is 1. The first-order valence-electron chi connectivity index (χ1n) is 7.58. The van der Waals surface area contributed by atoms with Crippen LogP contribution in [0.15, 0.2) is 24.3 Å². The Morgan fingerprint density at radius 1 is 1.38 bits per heavy atom. The maximum absolute atomic E-state index is 13.8. The summed E-state index contributed by atoms with van der Waals surface area (Å²) in [6, 6.07) is 5.22. The Kier molecular flexibility index (Phi) is 5.37. The lowest BCUT2D eigenvalue weighted by Gasteiger charge is -2.31. The first kappa shape index (κ1) is 15.5. The first-order chi connectivity index (χ1) is 10.1. The van der Waals surface area contributed by atoms with Crippen molar-refractivity contribution >= 4 is 17.7 Å². The van der Waals surface area contributed by atoms with Gasteiger partial charge in [0.15, 0.2) is 0 Å².